The summed E-state index contributed by atoms with van der Waals surface area (Å²) < 4.78 is 5.22. The van der Waals surface area contributed by atoms with E-state index in [2.05, 4.69) is 10.6 Å². The predicted octanol–water partition coefficient (Wildman–Crippen LogP) is 3.56. The van der Waals surface area contributed by atoms with E-state index in [1.807, 2.05) is 6.07 Å². The summed E-state index contributed by atoms with van der Waals surface area (Å²) in [6, 6.07) is 11.7. The van der Waals surface area contributed by atoms with E-state index in [4.69, 9.17) is 16.3 Å². The van der Waals surface area contributed by atoms with Crippen molar-refractivity contribution in [3.05, 3.63) is 63.7 Å². The first kappa shape index (κ1) is 20.0. The van der Waals surface area contributed by atoms with Gasteiger partial charge in [-0.2, -0.15) is 5.26 Å². The largest absolute Gasteiger partial charge is 0.495 e. The molecule has 2 amide bonds. The van der Waals surface area contributed by atoms with Crippen molar-refractivity contribution in [1.82, 2.24) is 5.32 Å². The standard InChI is InChI=1S/C20H18ClN3O3/c1-12-8-17(18(27-3)10-16(12)21)24-20(26)15(11-22)9-13-4-6-14(7-5-13)19(25)23-2/h4-10H,1-3H3,(H,23,25)(H,24,26). The maximum absolute atomic E-state index is 12.5. The number of nitrogens with one attached hydrogen (secondary N) is 2. The van der Waals surface area contributed by atoms with Crippen LogP contribution in [-0.2, 0) is 4.79 Å². The molecule has 138 valence electrons. The van der Waals surface area contributed by atoms with Crippen molar-refractivity contribution in [2.24, 2.45) is 0 Å². The van der Waals surface area contributed by atoms with Crippen molar-refractivity contribution in [3.8, 4) is 11.8 Å². The fourth-order valence-corrected chi connectivity index (χ4v) is 2.46. The fraction of sp³-hybridized carbons (Fsp3) is 0.150. The molecule has 27 heavy (non-hydrogen) atoms. The minimum atomic E-state index is -0.576. The van der Waals surface area contributed by atoms with Gasteiger partial charge in [0, 0.05) is 23.7 Å². The van der Waals surface area contributed by atoms with Crippen LogP contribution >= 0.6 is 11.6 Å². The number of hydrogen-bond acceptors (Lipinski definition) is 4. The zero-order valence-electron chi connectivity index (χ0n) is 15.1. The molecule has 0 aliphatic heterocycles. The quantitative estimate of drug-likeness (QED) is 0.610. The van der Waals surface area contributed by atoms with E-state index in [1.165, 1.54) is 13.2 Å². The number of hydrogen-bond donors (Lipinski definition) is 2. The second-order valence-corrected chi connectivity index (χ2v) is 6.03. The van der Waals surface area contributed by atoms with Crippen LogP contribution in [0.4, 0.5) is 5.69 Å². The maximum Gasteiger partial charge on any atom is 0.266 e. The van der Waals surface area contributed by atoms with Gasteiger partial charge in [-0.15, -0.1) is 0 Å². The topological polar surface area (TPSA) is 91.2 Å². The molecule has 2 aromatic rings. The Morgan fingerprint density at radius 2 is 1.89 bits per heavy atom. The van der Waals surface area contributed by atoms with Gasteiger partial charge in [0.25, 0.3) is 11.8 Å². The van der Waals surface area contributed by atoms with Gasteiger partial charge in [0.05, 0.1) is 12.8 Å². The van der Waals surface area contributed by atoms with Gasteiger partial charge >= 0.3 is 0 Å². The molecule has 2 aromatic carbocycles. The highest BCUT2D eigenvalue weighted by molar-refractivity contribution is 6.31. The number of ether oxygens (including phenoxy) is 1. The lowest BCUT2D eigenvalue weighted by Crippen LogP contribution is -2.17. The molecule has 0 heterocycles. The minimum absolute atomic E-state index is 0.0858. The highest BCUT2D eigenvalue weighted by atomic mass is 35.5. The molecule has 0 saturated carbocycles. The number of nitrogens with zero attached hydrogens (tertiary/aromatic N) is 1. The Kier molecular flexibility index (Phi) is 6.58. The number of halogens is 1. The summed E-state index contributed by atoms with van der Waals surface area (Å²) in [4.78, 5) is 24.0. The van der Waals surface area contributed by atoms with Gasteiger partial charge in [0.1, 0.15) is 17.4 Å². The third-order valence-electron chi connectivity index (χ3n) is 3.80. The first-order valence-corrected chi connectivity index (χ1v) is 8.36. The minimum Gasteiger partial charge on any atom is -0.495 e. The maximum atomic E-state index is 12.5. The van der Waals surface area contributed by atoms with Crippen molar-refractivity contribution in [3.63, 3.8) is 0 Å². The molecular weight excluding hydrogens is 366 g/mol. The first-order valence-electron chi connectivity index (χ1n) is 7.99. The molecule has 0 aliphatic carbocycles. The molecule has 0 aromatic heterocycles. The van der Waals surface area contributed by atoms with E-state index < -0.39 is 5.91 Å². The van der Waals surface area contributed by atoms with E-state index in [1.54, 1.807) is 50.4 Å². The van der Waals surface area contributed by atoms with Gasteiger partial charge in [-0.05, 0) is 42.3 Å². The highest BCUT2D eigenvalue weighted by Crippen LogP contribution is 2.31. The SMILES string of the molecule is CNC(=O)c1ccc(C=C(C#N)C(=O)Nc2cc(C)c(Cl)cc2OC)cc1. The number of amides is 2. The second-order valence-electron chi connectivity index (χ2n) is 5.63. The van der Waals surface area contributed by atoms with Gasteiger partial charge in [-0.1, -0.05) is 23.7 Å². The zero-order valence-corrected chi connectivity index (χ0v) is 15.8. The van der Waals surface area contributed by atoms with Gasteiger partial charge in [0.15, 0.2) is 0 Å². The highest BCUT2D eigenvalue weighted by Gasteiger charge is 2.14. The van der Waals surface area contributed by atoms with E-state index in [9.17, 15) is 14.9 Å². The van der Waals surface area contributed by atoms with Crippen molar-refractivity contribution < 1.29 is 14.3 Å². The number of methoxy groups -OCH3 is 1. The summed E-state index contributed by atoms with van der Waals surface area (Å²) in [7, 11) is 3.01. The summed E-state index contributed by atoms with van der Waals surface area (Å²) in [6.07, 6.45) is 1.44. The van der Waals surface area contributed by atoms with Crippen LogP contribution in [0.3, 0.4) is 0 Å². The molecule has 7 heteroatoms. The van der Waals surface area contributed by atoms with E-state index in [0.29, 0.717) is 27.6 Å². The van der Waals surface area contributed by atoms with Gasteiger partial charge < -0.3 is 15.4 Å². The molecule has 6 nitrogen and oxygen atoms in total. The van der Waals surface area contributed by atoms with E-state index in [0.717, 1.165) is 5.56 Å². The molecule has 0 unspecified atom stereocenters. The molecule has 0 spiro atoms. The first-order chi connectivity index (χ1) is 12.9. The summed E-state index contributed by atoms with van der Waals surface area (Å²) in [5, 5.41) is 15.0. The zero-order chi connectivity index (χ0) is 20.0. The van der Waals surface area contributed by atoms with Crippen LogP contribution in [0.5, 0.6) is 5.75 Å². The molecule has 0 radical (unpaired) electrons. The third-order valence-corrected chi connectivity index (χ3v) is 4.21. The Hall–Kier alpha value is -3.30. The average molecular weight is 384 g/mol. The normalized spacial score (nSPS) is 10.7. The van der Waals surface area contributed by atoms with Crippen LogP contribution in [0.15, 0.2) is 42.0 Å². The summed E-state index contributed by atoms with van der Waals surface area (Å²) >= 11 is 6.06. The Balaban J connectivity index is 2.26. The number of aryl methyl sites for hydroxylation is 1. The molecular formula is C20H18ClN3O3. The van der Waals surface area contributed by atoms with E-state index in [-0.39, 0.29) is 11.5 Å². The number of rotatable bonds is 5. The molecule has 0 aliphatic rings. The van der Waals surface area contributed by atoms with Crippen LogP contribution in [-0.4, -0.2) is 26.0 Å². The molecule has 0 bridgehead atoms. The summed E-state index contributed by atoms with van der Waals surface area (Å²) in [6.45, 7) is 1.80. The molecule has 0 atom stereocenters. The lowest BCUT2D eigenvalue weighted by Gasteiger charge is -2.12. The Bertz CT molecular complexity index is 944. The van der Waals surface area contributed by atoms with Crippen molar-refractivity contribution >= 4 is 35.2 Å². The van der Waals surface area contributed by atoms with Gasteiger partial charge in [-0.25, -0.2) is 0 Å². The molecule has 2 N–H and O–H groups in total. The summed E-state index contributed by atoms with van der Waals surface area (Å²) in [5.41, 5.74) is 2.20. The molecule has 2 rings (SSSR count). The van der Waals surface area contributed by atoms with Gasteiger partial charge in [0.2, 0.25) is 0 Å². The van der Waals surface area contributed by atoms with Crippen LogP contribution < -0.4 is 15.4 Å². The number of nitriles is 1. The van der Waals surface area contributed by atoms with Gasteiger partial charge in [-0.3, -0.25) is 9.59 Å². The fourth-order valence-electron chi connectivity index (χ4n) is 2.31. The van der Waals surface area contributed by atoms with Crippen molar-refractivity contribution in [2.75, 3.05) is 19.5 Å². The number of anilines is 1. The van der Waals surface area contributed by atoms with Crippen molar-refractivity contribution in [1.29, 1.82) is 5.26 Å². The molecule has 0 saturated heterocycles. The number of carbonyl (C=O) groups is 2. The monoisotopic (exact) mass is 383 g/mol. The predicted molar refractivity (Wildman–Crippen MR) is 105 cm³/mol. The Morgan fingerprint density at radius 1 is 1.22 bits per heavy atom. The third kappa shape index (κ3) is 4.87. The lowest BCUT2D eigenvalue weighted by molar-refractivity contribution is -0.112. The van der Waals surface area contributed by atoms with Crippen LogP contribution in [0, 0.1) is 18.3 Å². The second kappa shape index (κ2) is 8.88. The lowest BCUT2D eigenvalue weighted by atomic mass is 10.1. The van der Waals surface area contributed by atoms with E-state index >= 15 is 0 Å². The van der Waals surface area contributed by atoms with Crippen LogP contribution in [0.1, 0.15) is 21.5 Å². The average Bonchev–Trinajstić information content (AvgIpc) is 2.68. The number of carbonyl (C=O) groups excluding carboxylic acids is 2. The number of benzene rings is 2. The van der Waals surface area contributed by atoms with Crippen LogP contribution in [0.2, 0.25) is 5.02 Å². The van der Waals surface area contributed by atoms with Crippen molar-refractivity contribution in [2.45, 2.75) is 6.92 Å². The summed E-state index contributed by atoms with van der Waals surface area (Å²) in [5.74, 6) is -0.395. The van der Waals surface area contributed by atoms with Crippen LogP contribution in [0.25, 0.3) is 6.08 Å². The molecule has 0 fully saturated rings. The smallest absolute Gasteiger partial charge is 0.266 e. The Labute approximate surface area is 162 Å². The Morgan fingerprint density at radius 3 is 2.44 bits per heavy atom.